The molecule has 0 spiro atoms. The summed E-state index contributed by atoms with van der Waals surface area (Å²) < 4.78 is 10.0. The smallest absolute Gasteiger partial charge is 0.336 e. The van der Waals surface area contributed by atoms with Gasteiger partial charge in [0, 0.05) is 31.8 Å². The molecule has 0 aliphatic carbocycles. The molecule has 1 atom stereocenters. The molecule has 0 bridgehead atoms. The van der Waals surface area contributed by atoms with Crippen LogP contribution >= 0.6 is 0 Å². The fourth-order valence-corrected chi connectivity index (χ4v) is 2.25. The van der Waals surface area contributed by atoms with E-state index in [2.05, 4.69) is 9.64 Å². The molecule has 0 amide bonds. The van der Waals surface area contributed by atoms with Gasteiger partial charge in [0.1, 0.15) is 0 Å². The number of nitro groups is 1. The van der Waals surface area contributed by atoms with E-state index in [0.717, 1.165) is 25.1 Å². The van der Waals surface area contributed by atoms with E-state index in [-0.39, 0.29) is 11.7 Å². The van der Waals surface area contributed by atoms with Gasteiger partial charge >= 0.3 is 5.97 Å². The van der Waals surface area contributed by atoms with Gasteiger partial charge in [0.05, 0.1) is 18.6 Å². The largest absolute Gasteiger partial charge is 0.467 e. The molecule has 1 aromatic carbocycles. The van der Waals surface area contributed by atoms with Crippen LogP contribution in [0.15, 0.2) is 24.3 Å². The molecule has 1 unspecified atom stereocenters. The molecule has 1 fully saturated rings. The summed E-state index contributed by atoms with van der Waals surface area (Å²) in [6.07, 6.45) is 0.243. The predicted molar refractivity (Wildman–Crippen MR) is 75.0 cm³/mol. The first-order valence-corrected chi connectivity index (χ1v) is 6.75. The Labute approximate surface area is 122 Å². The molecule has 0 N–H and O–H groups in total. The SMILES string of the molecule is COC(=O)C1CN(CCc2ccc([N+](=O)[O-])cc2)CCO1. The summed E-state index contributed by atoms with van der Waals surface area (Å²) in [5, 5.41) is 10.6. The van der Waals surface area contributed by atoms with Crippen LogP contribution < -0.4 is 0 Å². The Hall–Kier alpha value is -1.99. The van der Waals surface area contributed by atoms with Crippen LogP contribution in [0.5, 0.6) is 0 Å². The van der Waals surface area contributed by atoms with Crippen LogP contribution in [0.4, 0.5) is 5.69 Å². The average Bonchev–Trinajstić information content (AvgIpc) is 2.52. The second-order valence-electron chi connectivity index (χ2n) is 4.86. The molecule has 2 rings (SSSR count). The number of carbonyl (C=O) groups is 1. The minimum atomic E-state index is -0.527. The van der Waals surface area contributed by atoms with Crippen molar-refractivity contribution in [3.63, 3.8) is 0 Å². The summed E-state index contributed by atoms with van der Waals surface area (Å²) in [7, 11) is 1.35. The minimum absolute atomic E-state index is 0.0934. The molecule has 7 heteroatoms. The molecule has 7 nitrogen and oxygen atoms in total. The summed E-state index contributed by atoms with van der Waals surface area (Å²) in [6.45, 7) is 2.55. The van der Waals surface area contributed by atoms with Crippen LogP contribution in [0, 0.1) is 10.1 Å². The number of non-ortho nitro benzene ring substituents is 1. The number of esters is 1. The van der Waals surface area contributed by atoms with Crippen LogP contribution in [-0.2, 0) is 20.7 Å². The van der Waals surface area contributed by atoms with E-state index in [1.54, 1.807) is 12.1 Å². The van der Waals surface area contributed by atoms with Gasteiger partial charge in [-0.2, -0.15) is 0 Å². The number of benzene rings is 1. The molecule has 1 aromatic rings. The molecule has 1 aliphatic heterocycles. The van der Waals surface area contributed by atoms with Gasteiger partial charge in [0.2, 0.25) is 0 Å². The van der Waals surface area contributed by atoms with E-state index >= 15 is 0 Å². The molecular formula is C14H18N2O5. The number of rotatable bonds is 5. The lowest BCUT2D eigenvalue weighted by Crippen LogP contribution is -2.47. The Kier molecular flexibility index (Phi) is 5.24. The van der Waals surface area contributed by atoms with Gasteiger partial charge in [0.25, 0.3) is 5.69 Å². The fraction of sp³-hybridized carbons (Fsp3) is 0.500. The second-order valence-corrected chi connectivity index (χ2v) is 4.86. The lowest BCUT2D eigenvalue weighted by molar-refractivity contribution is -0.384. The minimum Gasteiger partial charge on any atom is -0.467 e. The van der Waals surface area contributed by atoms with Crippen molar-refractivity contribution in [2.24, 2.45) is 0 Å². The van der Waals surface area contributed by atoms with Crippen molar-refractivity contribution < 1.29 is 19.2 Å². The first-order valence-electron chi connectivity index (χ1n) is 6.75. The molecule has 0 aromatic heterocycles. The second kappa shape index (κ2) is 7.14. The van der Waals surface area contributed by atoms with Gasteiger partial charge in [-0.3, -0.25) is 15.0 Å². The van der Waals surface area contributed by atoms with Crippen LogP contribution in [0.2, 0.25) is 0 Å². The van der Waals surface area contributed by atoms with E-state index in [9.17, 15) is 14.9 Å². The number of hydrogen-bond acceptors (Lipinski definition) is 6. The molecule has 0 saturated carbocycles. The summed E-state index contributed by atoms with van der Waals surface area (Å²) in [5.41, 5.74) is 1.12. The van der Waals surface area contributed by atoms with Crippen LogP contribution in [0.1, 0.15) is 5.56 Å². The highest BCUT2D eigenvalue weighted by atomic mass is 16.6. The van der Waals surface area contributed by atoms with Crippen molar-refractivity contribution >= 4 is 11.7 Å². The third-order valence-corrected chi connectivity index (χ3v) is 3.48. The van der Waals surface area contributed by atoms with E-state index in [1.807, 2.05) is 0 Å². The quantitative estimate of drug-likeness (QED) is 0.458. The van der Waals surface area contributed by atoms with E-state index in [1.165, 1.54) is 19.2 Å². The Morgan fingerprint density at radius 1 is 1.48 bits per heavy atom. The zero-order valence-electron chi connectivity index (χ0n) is 11.9. The van der Waals surface area contributed by atoms with Crippen LogP contribution in [0.3, 0.4) is 0 Å². The van der Waals surface area contributed by atoms with Gasteiger partial charge in [0.15, 0.2) is 6.10 Å². The Morgan fingerprint density at radius 3 is 2.81 bits per heavy atom. The molecule has 21 heavy (non-hydrogen) atoms. The van der Waals surface area contributed by atoms with Crippen molar-refractivity contribution in [1.29, 1.82) is 0 Å². The maximum atomic E-state index is 11.5. The zero-order valence-corrected chi connectivity index (χ0v) is 11.9. The fourth-order valence-electron chi connectivity index (χ4n) is 2.25. The van der Waals surface area contributed by atoms with E-state index < -0.39 is 11.0 Å². The van der Waals surface area contributed by atoms with Gasteiger partial charge in [-0.25, -0.2) is 4.79 Å². The Bertz CT molecular complexity index is 503. The van der Waals surface area contributed by atoms with E-state index in [0.29, 0.717) is 13.2 Å². The van der Waals surface area contributed by atoms with E-state index in [4.69, 9.17) is 4.74 Å². The highest BCUT2D eigenvalue weighted by Gasteiger charge is 2.26. The zero-order chi connectivity index (χ0) is 15.2. The van der Waals surface area contributed by atoms with Crippen molar-refractivity contribution in [3.05, 3.63) is 39.9 Å². The number of nitrogens with zero attached hydrogens (tertiary/aromatic N) is 2. The number of morpholine rings is 1. The van der Waals surface area contributed by atoms with Crippen molar-refractivity contribution in [3.8, 4) is 0 Å². The van der Waals surface area contributed by atoms with Crippen molar-refractivity contribution in [2.45, 2.75) is 12.5 Å². The number of carbonyl (C=O) groups excluding carboxylic acids is 1. The average molecular weight is 294 g/mol. The lowest BCUT2D eigenvalue weighted by Gasteiger charge is -2.31. The number of methoxy groups -OCH3 is 1. The molecule has 0 radical (unpaired) electrons. The topological polar surface area (TPSA) is 81.9 Å². The van der Waals surface area contributed by atoms with Crippen molar-refractivity contribution in [2.75, 3.05) is 33.4 Å². The maximum Gasteiger partial charge on any atom is 0.336 e. The Balaban J connectivity index is 1.84. The van der Waals surface area contributed by atoms with Crippen LogP contribution in [-0.4, -0.2) is 55.2 Å². The highest BCUT2D eigenvalue weighted by molar-refractivity contribution is 5.74. The molecule has 1 heterocycles. The van der Waals surface area contributed by atoms with Gasteiger partial charge in [-0.15, -0.1) is 0 Å². The molecule has 1 saturated heterocycles. The third-order valence-electron chi connectivity index (χ3n) is 3.48. The molecular weight excluding hydrogens is 276 g/mol. The van der Waals surface area contributed by atoms with Gasteiger partial charge in [-0.1, -0.05) is 12.1 Å². The summed E-state index contributed by atoms with van der Waals surface area (Å²) in [4.78, 5) is 23.8. The summed E-state index contributed by atoms with van der Waals surface area (Å²) in [5.74, 6) is -0.352. The van der Waals surface area contributed by atoms with Gasteiger partial charge in [-0.05, 0) is 12.0 Å². The monoisotopic (exact) mass is 294 g/mol. The standard InChI is InChI=1S/C14H18N2O5/c1-20-14(17)13-10-15(8-9-21-13)7-6-11-2-4-12(5-3-11)16(18)19/h2-5,13H,6-10H2,1H3. The first kappa shape index (κ1) is 15.4. The molecule has 114 valence electrons. The van der Waals surface area contributed by atoms with Crippen LogP contribution in [0.25, 0.3) is 0 Å². The van der Waals surface area contributed by atoms with Crippen molar-refractivity contribution in [1.82, 2.24) is 4.90 Å². The highest BCUT2D eigenvalue weighted by Crippen LogP contribution is 2.13. The number of hydrogen-bond donors (Lipinski definition) is 0. The normalized spacial score (nSPS) is 19.2. The summed E-state index contributed by atoms with van der Waals surface area (Å²) >= 11 is 0. The molecule has 1 aliphatic rings. The number of ether oxygens (including phenoxy) is 2. The third kappa shape index (κ3) is 4.24. The maximum absolute atomic E-state index is 11.5. The Morgan fingerprint density at radius 2 is 2.19 bits per heavy atom. The van der Waals surface area contributed by atoms with Gasteiger partial charge < -0.3 is 9.47 Å². The lowest BCUT2D eigenvalue weighted by atomic mass is 10.1. The first-order chi connectivity index (χ1) is 10.1. The predicted octanol–water partition coefficient (Wildman–Crippen LogP) is 1.01. The number of nitro benzene ring substituents is 1. The summed E-state index contributed by atoms with van der Waals surface area (Å²) in [6, 6.07) is 6.53.